The molecule has 0 fully saturated rings. The van der Waals surface area contributed by atoms with E-state index in [2.05, 4.69) is 6.92 Å². The Morgan fingerprint density at radius 1 is 0.750 bits per heavy atom. The van der Waals surface area contributed by atoms with Crippen LogP contribution in [0, 0.1) is 0 Å². The van der Waals surface area contributed by atoms with Crippen LogP contribution in [0.15, 0.2) is 12.3 Å². The molecule has 1 atom stereocenters. The molecule has 3 heteroatoms. The summed E-state index contributed by atoms with van der Waals surface area (Å²) in [5.41, 5.74) is 0. The molecule has 0 saturated carbocycles. The molecule has 0 aromatic carbocycles. The van der Waals surface area contributed by atoms with E-state index in [-0.39, 0.29) is 13.2 Å². The number of aliphatic hydroxyl groups excluding tert-OH is 2. The van der Waals surface area contributed by atoms with Crippen LogP contribution in [-0.4, -0.2) is 29.5 Å². The van der Waals surface area contributed by atoms with Gasteiger partial charge in [0.25, 0.3) is 0 Å². The van der Waals surface area contributed by atoms with Crippen molar-refractivity contribution in [1.29, 1.82) is 0 Å². The molecule has 0 radical (unpaired) electrons. The van der Waals surface area contributed by atoms with Gasteiger partial charge in [0.1, 0.15) is 12.7 Å². The van der Waals surface area contributed by atoms with Crippen LogP contribution in [0.4, 0.5) is 0 Å². The van der Waals surface area contributed by atoms with Gasteiger partial charge in [0.15, 0.2) is 0 Å². The van der Waals surface area contributed by atoms with Crippen LogP contribution in [0.1, 0.15) is 103 Å². The topological polar surface area (TPSA) is 49.7 Å². The molecule has 24 heavy (non-hydrogen) atoms. The van der Waals surface area contributed by atoms with Gasteiger partial charge in [0.2, 0.25) is 0 Å². The second-order valence-electron chi connectivity index (χ2n) is 6.93. The number of rotatable bonds is 19. The molecule has 0 aromatic heterocycles. The number of allylic oxidation sites excluding steroid dienone is 1. The maximum Gasteiger partial charge on any atom is 0.115 e. The highest BCUT2D eigenvalue weighted by atomic mass is 16.5. The van der Waals surface area contributed by atoms with E-state index in [4.69, 9.17) is 14.9 Å². The van der Waals surface area contributed by atoms with Gasteiger partial charge in [0, 0.05) is 0 Å². The van der Waals surface area contributed by atoms with Crippen molar-refractivity contribution in [2.75, 3.05) is 13.2 Å². The first-order valence-corrected chi connectivity index (χ1v) is 10.4. The fraction of sp³-hybridized carbons (Fsp3) is 0.905. The molecule has 0 saturated heterocycles. The fourth-order valence-electron chi connectivity index (χ4n) is 2.81. The molecule has 0 bridgehead atoms. The number of unbranched alkanes of at least 4 members (excludes halogenated alkanes) is 14. The molecule has 2 N–H and O–H groups in total. The minimum absolute atomic E-state index is 0.172. The summed E-state index contributed by atoms with van der Waals surface area (Å²) in [4.78, 5) is 0. The average Bonchev–Trinajstić information content (AvgIpc) is 2.60. The van der Waals surface area contributed by atoms with Gasteiger partial charge in [-0.25, -0.2) is 0 Å². The zero-order chi connectivity index (χ0) is 17.7. The van der Waals surface area contributed by atoms with Gasteiger partial charge >= 0.3 is 0 Å². The lowest BCUT2D eigenvalue weighted by molar-refractivity contribution is 0.0383. The van der Waals surface area contributed by atoms with Crippen LogP contribution in [-0.2, 0) is 4.74 Å². The molecule has 0 unspecified atom stereocenters. The quantitative estimate of drug-likeness (QED) is 0.232. The monoisotopic (exact) mass is 342 g/mol. The lowest BCUT2D eigenvalue weighted by atomic mass is 10.0. The molecule has 0 aliphatic carbocycles. The summed E-state index contributed by atoms with van der Waals surface area (Å²) in [6.07, 6.45) is 23.3. The first-order chi connectivity index (χ1) is 11.8. The first kappa shape index (κ1) is 23.5. The molecular weight excluding hydrogens is 300 g/mol. The number of hydrogen-bond donors (Lipinski definition) is 2. The van der Waals surface area contributed by atoms with Crippen LogP contribution in [0.5, 0.6) is 0 Å². The van der Waals surface area contributed by atoms with E-state index in [0.29, 0.717) is 0 Å². The minimum Gasteiger partial charge on any atom is -0.499 e. The third-order valence-corrected chi connectivity index (χ3v) is 4.42. The van der Waals surface area contributed by atoms with Crippen molar-refractivity contribution in [3.05, 3.63) is 12.3 Å². The highest BCUT2D eigenvalue weighted by Gasteiger charge is 1.98. The SMILES string of the molecule is CCCCCCCCCCCCCCCCC=COC[C@@H](O)CO. The Bertz CT molecular complexity index is 253. The summed E-state index contributed by atoms with van der Waals surface area (Å²) >= 11 is 0. The molecular formula is C21H42O3. The smallest absolute Gasteiger partial charge is 0.115 e. The Morgan fingerprint density at radius 3 is 1.67 bits per heavy atom. The van der Waals surface area contributed by atoms with Crippen molar-refractivity contribution in [3.63, 3.8) is 0 Å². The van der Waals surface area contributed by atoms with Crippen molar-refractivity contribution >= 4 is 0 Å². The lowest BCUT2D eigenvalue weighted by Gasteiger charge is -2.05. The third-order valence-electron chi connectivity index (χ3n) is 4.42. The zero-order valence-electron chi connectivity index (χ0n) is 16.1. The van der Waals surface area contributed by atoms with Crippen molar-refractivity contribution in [2.24, 2.45) is 0 Å². The fourth-order valence-corrected chi connectivity index (χ4v) is 2.81. The maximum atomic E-state index is 9.08. The van der Waals surface area contributed by atoms with Gasteiger partial charge in [-0.1, -0.05) is 90.4 Å². The Morgan fingerprint density at radius 2 is 1.21 bits per heavy atom. The Hall–Kier alpha value is -0.540. The normalized spacial score (nSPS) is 12.8. The van der Waals surface area contributed by atoms with E-state index < -0.39 is 6.10 Å². The van der Waals surface area contributed by atoms with Crippen LogP contribution in [0.25, 0.3) is 0 Å². The van der Waals surface area contributed by atoms with Crippen LogP contribution in [0.2, 0.25) is 0 Å². The van der Waals surface area contributed by atoms with Crippen molar-refractivity contribution in [2.45, 2.75) is 109 Å². The minimum atomic E-state index is -0.768. The van der Waals surface area contributed by atoms with Crippen LogP contribution in [0.3, 0.4) is 0 Å². The van der Waals surface area contributed by atoms with Gasteiger partial charge in [-0.05, 0) is 18.9 Å². The molecule has 0 rings (SSSR count). The standard InChI is InChI=1S/C21H42O3/c1-2-3-4-5-6-7-8-9-10-11-12-13-14-15-16-17-18-24-20-21(23)19-22/h17-18,21-23H,2-16,19-20H2,1H3/t21-/m0/s1. The van der Waals surface area contributed by atoms with Gasteiger partial charge in [-0.3, -0.25) is 0 Å². The number of hydrogen-bond acceptors (Lipinski definition) is 3. The summed E-state index contributed by atoms with van der Waals surface area (Å²) < 4.78 is 5.11. The van der Waals surface area contributed by atoms with Crippen molar-refractivity contribution < 1.29 is 14.9 Å². The van der Waals surface area contributed by atoms with Crippen molar-refractivity contribution in [1.82, 2.24) is 0 Å². The van der Waals surface area contributed by atoms with E-state index >= 15 is 0 Å². The molecule has 144 valence electrons. The second kappa shape index (κ2) is 20.5. The summed E-state index contributed by atoms with van der Waals surface area (Å²) in [7, 11) is 0. The van der Waals surface area contributed by atoms with Gasteiger partial charge in [0.05, 0.1) is 12.9 Å². The van der Waals surface area contributed by atoms with E-state index in [9.17, 15) is 0 Å². The number of ether oxygens (including phenoxy) is 1. The van der Waals surface area contributed by atoms with Gasteiger partial charge < -0.3 is 14.9 Å². The van der Waals surface area contributed by atoms with E-state index in [1.54, 1.807) is 6.26 Å². The Labute approximate surface area is 150 Å². The zero-order valence-corrected chi connectivity index (χ0v) is 16.1. The maximum absolute atomic E-state index is 9.08. The van der Waals surface area contributed by atoms with Crippen molar-refractivity contribution in [3.8, 4) is 0 Å². The molecule has 0 aromatic rings. The second-order valence-corrected chi connectivity index (χ2v) is 6.93. The first-order valence-electron chi connectivity index (χ1n) is 10.4. The summed E-state index contributed by atoms with van der Waals surface area (Å²) in [5.74, 6) is 0. The molecule has 0 amide bonds. The summed E-state index contributed by atoms with van der Waals surface area (Å²) in [6, 6.07) is 0. The summed E-state index contributed by atoms with van der Waals surface area (Å²) in [6.45, 7) is 2.21. The predicted octanol–water partition coefficient (Wildman–Crippen LogP) is 5.74. The van der Waals surface area contributed by atoms with E-state index in [1.165, 1.54) is 89.9 Å². The largest absolute Gasteiger partial charge is 0.499 e. The van der Waals surface area contributed by atoms with E-state index in [0.717, 1.165) is 6.42 Å². The molecule has 0 aliphatic rings. The predicted molar refractivity (Wildman–Crippen MR) is 103 cm³/mol. The Kier molecular flexibility index (Phi) is 20.0. The highest BCUT2D eigenvalue weighted by molar-refractivity contribution is 4.73. The van der Waals surface area contributed by atoms with Crippen LogP contribution >= 0.6 is 0 Å². The third kappa shape index (κ3) is 19.5. The molecule has 0 spiro atoms. The van der Waals surface area contributed by atoms with Gasteiger partial charge in [-0.15, -0.1) is 0 Å². The van der Waals surface area contributed by atoms with E-state index in [1.807, 2.05) is 6.08 Å². The summed E-state index contributed by atoms with van der Waals surface area (Å²) in [5, 5.41) is 17.7. The molecule has 0 aliphatic heterocycles. The molecule has 0 heterocycles. The number of aliphatic hydroxyl groups is 2. The van der Waals surface area contributed by atoms with Crippen LogP contribution < -0.4 is 0 Å². The van der Waals surface area contributed by atoms with Gasteiger partial charge in [-0.2, -0.15) is 0 Å². The molecule has 3 nitrogen and oxygen atoms in total. The average molecular weight is 343 g/mol. The lowest BCUT2D eigenvalue weighted by Crippen LogP contribution is -2.17. The highest BCUT2D eigenvalue weighted by Crippen LogP contribution is 2.13. The Balaban J connectivity index is 3.06.